The number of nitrogens with zero attached hydrogens (tertiary/aromatic N) is 2. The fourth-order valence-corrected chi connectivity index (χ4v) is 5.94. The maximum Gasteiger partial charge on any atom is 0.290 e. The summed E-state index contributed by atoms with van der Waals surface area (Å²) in [6.07, 6.45) is 0. The molecule has 3 aromatic carbocycles. The number of ether oxygens (including phenoxy) is 1. The Balaban J connectivity index is 1.59. The van der Waals surface area contributed by atoms with Crippen molar-refractivity contribution in [3.05, 3.63) is 117 Å². The van der Waals surface area contributed by atoms with Crippen LogP contribution in [0.25, 0.3) is 10.6 Å². The van der Waals surface area contributed by atoms with Crippen LogP contribution >= 0.6 is 11.3 Å². The van der Waals surface area contributed by atoms with Crippen LogP contribution in [0.2, 0.25) is 0 Å². The number of benzene rings is 3. The van der Waals surface area contributed by atoms with E-state index in [9.17, 15) is 14.7 Å². The second kappa shape index (κ2) is 10.9. The quantitative estimate of drug-likeness (QED) is 0.244. The van der Waals surface area contributed by atoms with E-state index in [2.05, 4.69) is 18.8 Å². The number of carbonyl (C=O) groups is 2. The lowest BCUT2D eigenvalue weighted by Crippen LogP contribution is -2.31. The number of para-hydroxylation sites is 1. The number of rotatable bonds is 8. The predicted molar refractivity (Wildman–Crippen MR) is 153 cm³/mol. The molecule has 7 heteroatoms. The van der Waals surface area contributed by atoms with E-state index in [0.29, 0.717) is 27.2 Å². The Morgan fingerprint density at radius 1 is 1.03 bits per heavy atom. The van der Waals surface area contributed by atoms with Gasteiger partial charge in [0, 0.05) is 11.1 Å². The van der Waals surface area contributed by atoms with E-state index >= 15 is 0 Å². The molecule has 4 aromatic rings. The maximum atomic E-state index is 14.1. The first-order chi connectivity index (χ1) is 18.8. The van der Waals surface area contributed by atoms with Crippen LogP contribution in [0.15, 0.2) is 90.2 Å². The van der Waals surface area contributed by atoms with Gasteiger partial charge in [-0.05, 0) is 30.0 Å². The Labute approximate surface area is 232 Å². The Hall–Kier alpha value is -4.23. The van der Waals surface area contributed by atoms with E-state index in [1.165, 1.54) is 11.3 Å². The fraction of sp³-hybridized carbons (Fsp3) is 0.219. The highest BCUT2D eigenvalue weighted by molar-refractivity contribution is 7.17. The molecule has 2 heterocycles. The number of aromatic nitrogens is 1. The summed E-state index contributed by atoms with van der Waals surface area (Å²) in [6, 6.07) is 24.2. The zero-order valence-corrected chi connectivity index (χ0v) is 23.2. The molecule has 0 aliphatic carbocycles. The Morgan fingerprint density at radius 3 is 2.36 bits per heavy atom. The summed E-state index contributed by atoms with van der Waals surface area (Å²) in [5.74, 6) is -0.549. The Bertz CT molecular complexity index is 1550. The number of aliphatic hydroxyl groups excluding tert-OH is 1. The van der Waals surface area contributed by atoms with Crippen molar-refractivity contribution in [2.45, 2.75) is 39.3 Å². The molecule has 5 rings (SSSR count). The molecule has 0 bridgehead atoms. The number of ketones is 1. The van der Waals surface area contributed by atoms with E-state index < -0.39 is 23.5 Å². The van der Waals surface area contributed by atoms with E-state index in [0.717, 1.165) is 22.3 Å². The van der Waals surface area contributed by atoms with Crippen molar-refractivity contribution >= 4 is 23.0 Å². The van der Waals surface area contributed by atoms with Crippen LogP contribution in [-0.4, -0.2) is 33.8 Å². The number of thiazole rings is 1. The summed E-state index contributed by atoms with van der Waals surface area (Å²) < 4.78 is 5.52. The highest BCUT2D eigenvalue weighted by Crippen LogP contribution is 2.42. The van der Waals surface area contributed by atoms with E-state index in [1.807, 2.05) is 78.9 Å². The van der Waals surface area contributed by atoms with Crippen LogP contribution in [-0.2, 0) is 11.3 Å². The molecule has 1 amide bonds. The highest BCUT2D eigenvalue weighted by Gasteiger charge is 2.44. The molecular weight excluding hydrogens is 508 g/mol. The zero-order chi connectivity index (χ0) is 27.7. The van der Waals surface area contributed by atoms with Gasteiger partial charge in [-0.2, -0.15) is 0 Å². The second-order valence-electron chi connectivity index (χ2n) is 9.86. The molecule has 1 aliphatic rings. The summed E-state index contributed by atoms with van der Waals surface area (Å²) in [5.41, 5.74) is 4.21. The van der Waals surface area contributed by atoms with Gasteiger partial charge in [-0.3, -0.25) is 9.59 Å². The average Bonchev–Trinajstić information content (AvgIpc) is 3.46. The monoisotopic (exact) mass is 538 g/mol. The van der Waals surface area contributed by atoms with E-state index in [-0.39, 0.29) is 12.1 Å². The van der Waals surface area contributed by atoms with Gasteiger partial charge in [-0.15, -0.1) is 11.3 Å². The topological polar surface area (TPSA) is 79.7 Å². The summed E-state index contributed by atoms with van der Waals surface area (Å²) in [5, 5.41) is 11.9. The third-order valence-corrected chi connectivity index (χ3v) is 8.23. The van der Waals surface area contributed by atoms with E-state index in [4.69, 9.17) is 4.74 Å². The normalized spacial score (nSPS) is 15.4. The number of Topliss-reactive ketones (excluding diaryl/α,β-unsaturated/α-hetero) is 1. The lowest BCUT2D eigenvalue weighted by atomic mass is 9.92. The number of carbonyl (C=O) groups excluding carboxylic acids is 2. The van der Waals surface area contributed by atoms with Gasteiger partial charge in [0.2, 0.25) is 5.78 Å². The van der Waals surface area contributed by atoms with Gasteiger partial charge in [-0.1, -0.05) is 86.6 Å². The van der Waals surface area contributed by atoms with Crippen molar-refractivity contribution in [2.75, 3.05) is 7.11 Å². The van der Waals surface area contributed by atoms with Gasteiger partial charge in [0.1, 0.15) is 10.8 Å². The molecule has 0 fully saturated rings. The molecule has 1 aromatic heterocycles. The van der Waals surface area contributed by atoms with Gasteiger partial charge < -0.3 is 14.7 Å². The SMILES string of the molecule is COc1ccccc1CN1C(=O)C(O)=C(C(=O)c2sc(-c3ccccc3)nc2C)C1c1ccc(C(C)C)cc1. The van der Waals surface area contributed by atoms with Crippen molar-refractivity contribution in [3.63, 3.8) is 0 Å². The van der Waals surface area contributed by atoms with Gasteiger partial charge >= 0.3 is 0 Å². The Morgan fingerprint density at radius 2 is 1.69 bits per heavy atom. The highest BCUT2D eigenvalue weighted by atomic mass is 32.1. The van der Waals surface area contributed by atoms with Gasteiger partial charge in [-0.25, -0.2) is 4.98 Å². The largest absolute Gasteiger partial charge is 0.503 e. The van der Waals surface area contributed by atoms with Gasteiger partial charge in [0.15, 0.2) is 5.76 Å². The average molecular weight is 539 g/mol. The van der Waals surface area contributed by atoms with Gasteiger partial charge in [0.25, 0.3) is 5.91 Å². The van der Waals surface area contributed by atoms with Crippen LogP contribution in [0, 0.1) is 6.92 Å². The number of methoxy groups -OCH3 is 1. The minimum atomic E-state index is -0.766. The summed E-state index contributed by atoms with van der Waals surface area (Å²) >= 11 is 1.27. The molecule has 1 aliphatic heterocycles. The van der Waals surface area contributed by atoms with Gasteiger partial charge in [0.05, 0.1) is 35.8 Å². The van der Waals surface area contributed by atoms with Crippen LogP contribution in [0.4, 0.5) is 0 Å². The van der Waals surface area contributed by atoms with Crippen LogP contribution in [0.1, 0.15) is 57.9 Å². The predicted octanol–water partition coefficient (Wildman–Crippen LogP) is 7.03. The number of aryl methyl sites for hydroxylation is 1. The smallest absolute Gasteiger partial charge is 0.290 e. The number of hydrogen-bond acceptors (Lipinski definition) is 6. The fourth-order valence-electron chi connectivity index (χ4n) is 4.91. The minimum absolute atomic E-state index is 0.0681. The first kappa shape index (κ1) is 26.4. The molecule has 0 spiro atoms. The Kier molecular flexibility index (Phi) is 7.35. The maximum absolute atomic E-state index is 14.1. The van der Waals surface area contributed by atoms with Crippen molar-refractivity contribution in [2.24, 2.45) is 0 Å². The minimum Gasteiger partial charge on any atom is -0.503 e. The first-order valence-electron chi connectivity index (χ1n) is 12.8. The summed E-state index contributed by atoms with van der Waals surface area (Å²) in [6.45, 7) is 6.17. The second-order valence-corrected chi connectivity index (χ2v) is 10.9. The van der Waals surface area contributed by atoms with Crippen LogP contribution in [0.3, 0.4) is 0 Å². The summed E-state index contributed by atoms with van der Waals surface area (Å²) in [4.78, 5) is 34.2. The zero-order valence-electron chi connectivity index (χ0n) is 22.3. The van der Waals surface area contributed by atoms with Crippen molar-refractivity contribution in [3.8, 4) is 16.3 Å². The number of aliphatic hydroxyl groups is 1. The lowest BCUT2D eigenvalue weighted by Gasteiger charge is -2.27. The molecule has 1 N–H and O–H groups in total. The molecule has 6 nitrogen and oxygen atoms in total. The van der Waals surface area contributed by atoms with Crippen molar-refractivity contribution in [1.29, 1.82) is 0 Å². The summed E-state index contributed by atoms with van der Waals surface area (Å²) in [7, 11) is 1.58. The lowest BCUT2D eigenvalue weighted by molar-refractivity contribution is -0.130. The van der Waals surface area contributed by atoms with Crippen molar-refractivity contribution < 1.29 is 19.4 Å². The third-order valence-electron chi connectivity index (χ3n) is 7.02. The first-order valence-corrected chi connectivity index (χ1v) is 13.6. The van der Waals surface area contributed by atoms with E-state index in [1.54, 1.807) is 18.9 Å². The molecule has 1 unspecified atom stereocenters. The standard InChI is InChI=1S/C32H30N2O4S/c1-19(2)21-14-16-22(17-15-21)27-26(28(35)30-20(3)33-31(39-30)23-10-6-5-7-11-23)29(36)32(37)34(27)18-24-12-8-9-13-25(24)38-4/h5-17,19,27,36H,18H2,1-4H3. The molecule has 0 radical (unpaired) electrons. The number of hydrogen-bond donors (Lipinski definition) is 1. The molecule has 0 saturated heterocycles. The molecule has 1 atom stereocenters. The van der Waals surface area contributed by atoms with Crippen LogP contribution < -0.4 is 4.74 Å². The molecular formula is C32H30N2O4S. The number of amides is 1. The molecule has 39 heavy (non-hydrogen) atoms. The molecule has 198 valence electrons. The van der Waals surface area contributed by atoms with Crippen LogP contribution in [0.5, 0.6) is 5.75 Å². The van der Waals surface area contributed by atoms with Crippen molar-refractivity contribution in [1.82, 2.24) is 9.88 Å². The third kappa shape index (κ3) is 4.98. The molecule has 0 saturated carbocycles.